The molecule has 1 aromatic carbocycles. The van der Waals surface area contributed by atoms with Crippen LogP contribution >= 0.6 is 0 Å². The van der Waals surface area contributed by atoms with Gasteiger partial charge in [0.1, 0.15) is 5.82 Å². The second kappa shape index (κ2) is 6.51. The Balaban J connectivity index is 1.44. The summed E-state index contributed by atoms with van der Waals surface area (Å²) in [7, 11) is 0. The SMILES string of the molecule is O=C(c1cc2nc[nH]c2cc1F)N1CCC(C2CCCNC2)CC1. The number of likely N-dealkylation sites (tertiary alicyclic amines) is 1. The van der Waals surface area contributed by atoms with Gasteiger partial charge >= 0.3 is 0 Å². The molecule has 128 valence electrons. The first kappa shape index (κ1) is 15.6. The van der Waals surface area contributed by atoms with E-state index < -0.39 is 5.82 Å². The number of carbonyl (C=O) groups excluding carboxylic acids is 1. The molecule has 6 heteroatoms. The van der Waals surface area contributed by atoms with E-state index in [0.29, 0.717) is 17.0 Å². The molecule has 1 amide bonds. The van der Waals surface area contributed by atoms with E-state index >= 15 is 0 Å². The van der Waals surface area contributed by atoms with E-state index in [-0.39, 0.29) is 11.5 Å². The Morgan fingerprint density at radius 3 is 2.79 bits per heavy atom. The van der Waals surface area contributed by atoms with Crippen LogP contribution < -0.4 is 5.32 Å². The number of imidazole rings is 1. The fraction of sp³-hybridized carbons (Fsp3) is 0.556. The van der Waals surface area contributed by atoms with Gasteiger partial charge in [-0.1, -0.05) is 0 Å². The molecule has 1 unspecified atom stereocenters. The monoisotopic (exact) mass is 330 g/mol. The van der Waals surface area contributed by atoms with Crippen molar-refractivity contribution in [1.82, 2.24) is 20.2 Å². The third-order valence-corrected chi connectivity index (χ3v) is 5.57. The molecule has 2 saturated heterocycles. The molecule has 24 heavy (non-hydrogen) atoms. The summed E-state index contributed by atoms with van der Waals surface area (Å²) >= 11 is 0. The fourth-order valence-electron chi connectivity index (χ4n) is 4.14. The van der Waals surface area contributed by atoms with E-state index in [0.717, 1.165) is 44.9 Å². The molecule has 3 heterocycles. The second-order valence-corrected chi connectivity index (χ2v) is 6.99. The predicted molar refractivity (Wildman–Crippen MR) is 90.3 cm³/mol. The van der Waals surface area contributed by atoms with Crippen LogP contribution in [0.1, 0.15) is 36.0 Å². The standard InChI is InChI=1S/C18H23FN4O/c19-15-9-17-16(21-11-22-17)8-14(15)18(24)23-6-3-12(4-7-23)13-2-1-5-20-10-13/h8-9,11-13,20H,1-7,10H2,(H,21,22). The normalized spacial score (nSPS) is 22.9. The summed E-state index contributed by atoms with van der Waals surface area (Å²) in [6.07, 6.45) is 6.09. The average molecular weight is 330 g/mol. The summed E-state index contributed by atoms with van der Waals surface area (Å²) in [6, 6.07) is 2.91. The van der Waals surface area contributed by atoms with Crippen LogP contribution in [0.25, 0.3) is 11.0 Å². The van der Waals surface area contributed by atoms with E-state index in [9.17, 15) is 9.18 Å². The number of carbonyl (C=O) groups is 1. The Morgan fingerprint density at radius 2 is 2.04 bits per heavy atom. The average Bonchev–Trinajstić information content (AvgIpc) is 3.08. The lowest BCUT2D eigenvalue weighted by molar-refractivity contribution is 0.0641. The summed E-state index contributed by atoms with van der Waals surface area (Å²) < 4.78 is 14.3. The summed E-state index contributed by atoms with van der Waals surface area (Å²) in [5.74, 6) is 0.724. The number of nitrogens with zero attached hydrogens (tertiary/aromatic N) is 2. The second-order valence-electron chi connectivity index (χ2n) is 6.99. The highest BCUT2D eigenvalue weighted by molar-refractivity contribution is 5.97. The Hall–Kier alpha value is -1.95. The number of amides is 1. The van der Waals surface area contributed by atoms with Gasteiger partial charge in [0.2, 0.25) is 0 Å². The molecule has 4 rings (SSSR count). The molecule has 0 radical (unpaired) electrons. The minimum atomic E-state index is -0.477. The number of benzene rings is 1. The van der Waals surface area contributed by atoms with Gasteiger partial charge in [0, 0.05) is 19.2 Å². The van der Waals surface area contributed by atoms with Gasteiger partial charge < -0.3 is 15.2 Å². The zero-order valence-electron chi connectivity index (χ0n) is 13.7. The molecule has 0 aliphatic carbocycles. The van der Waals surface area contributed by atoms with Crippen molar-refractivity contribution in [2.75, 3.05) is 26.2 Å². The number of aromatic nitrogens is 2. The zero-order chi connectivity index (χ0) is 16.5. The topological polar surface area (TPSA) is 61.0 Å². The Kier molecular flexibility index (Phi) is 4.22. The van der Waals surface area contributed by atoms with E-state index in [1.807, 2.05) is 0 Å². The van der Waals surface area contributed by atoms with Crippen LogP contribution in [-0.4, -0.2) is 47.0 Å². The number of fused-ring (bicyclic) bond motifs is 1. The maximum atomic E-state index is 14.3. The van der Waals surface area contributed by atoms with E-state index in [1.54, 1.807) is 11.0 Å². The van der Waals surface area contributed by atoms with Crippen LogP contribution in [0.3, 0.4) is 0 Å². The number of hydrogen-bond donors (Lipinski definition) is 2. The molecule has 2 N–H and O–H groups in total. The lowest BCUT2D eigenvalue weighted by Crippen LogP contribution is -2.43. The fourth-order valence-corrected chi connectivity index (χ4v) is 4.14. The highest BCUT2D eigenvalue weighted by Gasteiger charge is 2.30. The minimum Gasteiger partial charge on any atom is -0.345 e. The molecular weight excluding hydrogens is 307 g/mol. The first-order valence-electron chi connectivity index (χ1n) is 8.85. The summed E-state index contributed by atoms with van der Waals surface area (Å²) in [4.78, 5) is 21.5. The van der Waals surface area contributed by atoms with Crippen molar-refractivity contribution in [3.05, 3.63) is 29.8 Å². The maximum Gasteiger partial charge on any atom is 0.256 e. The first-order valence-corrected chi connectivity index (χ1v) is 8.85. The number of halogens is 1. The van der Waals surface area contributed by atoms with Gasteiger partial charge in [0.25, 0.3) is 5.91 Å². The molecule has 0 bridgehead atoms. The molecule has 1 atom stereocenters. The molecule has 2 aromatic rings. The third kappa shape index (κ3) is 2.90. The van der Waals surface area contributed by atoms with Crippen LogP contribution in [-0.2, 0) is 0 Å². The molecule has 2 fully saturated rings. The van der Waals surface area contributed by atoms with Gasteiger partial charge in [-0.15, -0.1) is 0 Å². The molecular formula is C18H23FN4O. The summed E-state index contributed by atoms with van der Waals surface area (Å²) in [5, 5.41) is 3.47. The molecule has 0 spiro atoms. The largest absolute Gasteiger partial charge is 0.345 e. The smallest absolute Gasteiger partial charge is 0.256 e. The number of piperidine rings is 2. The van der Waals surface area contributed by atoms with Gasteiger partial charge in [0.05, 0.1) is 22.9 Å². The van der Waals surface area contributed by atoms with Gasteiger partial charge in [0.15, 0.2) is 0 Å². The van der Waals surface area contributed by atoms with Crippen molar-refractivity contribution in [2.24, 2.45) is 11.8 Å². The van der Waals surface area contributed by atoms with Crippen molar-refractivity contribution in [3.63, 3.8) is 0 Å². The molecule has 1 aromatic heterocycles. The van der Waals surface area contributed by atoms with Crippen LogP contribution in [0.2, 0.25) is 0 Å². The molecule has 2 aliphatic heterocycles. The third-order valence-electron chi connectivity index (χ3n) is 5.57. The predicted octanol–water partition coefficient (Wildman–Crippen LogP) is 2.55. The van der Waals surface area contributed by atoms with Crippen molar-refractivity contribution >= 4 is 16.9 Å². The van der Waals surface area contributed by atoms with E-state index in [2.05, 4.69) is 15.3 Å². The number of aromatic amines is 1. The highest BCUT2D eigenvalue weighted by Crippen LogP contribution is 2.30. The van der Waals surface area contributed by atoms with E-state index in [4.69, 9.17) is 0 Å². The van der Waals surface area contributed by atoms with Gasteiger partial charge in [-0.25, -0.2) is 9.37 Å². The van der Waals surface area contributed by atoms with Crippen molar-refractivity contribution in [2.45, 2.75) is 25.7 Å². The van der Waals surface area contributed by atoms with Crippen molar-refractivity contribution in [1.29, 1.82) is 0 Å². The number of nitrogens with one attached hydrogen (secondary N) is 2. The van der Waals surface area contributed by atoms with Crippen LogP contribution in [0, 0.1) is 17.7 Å². The molecule has 5 nitrogen and oxygen atoms in total. The van der Waals surface area contributed by atoms with Gasteiger partial charge in [-0.3, -0.25) is 4.79 Å². The van der Waals surface area contributed by atoms with Crippen molar-refractivity contribution < 1.29 is 9.18 Å². The van der Waals surface area contributed by atoms with Crippen LogP contribution in [0.4, 0.5) is 4.39 Å². The van der Waals surface area contributed by atoms with Gasteiger partial charge in [-0.05, 0) is 56.7 Å². The summed E-state index contributed by atoms with van der Waals surface area (Å²) in [5.41, 5.74) is 1.38. The quantitative estimate of drug-likeness (QED) is 0.890. The number of hydrogen-bond acceptors (Lipinski definition) is 3. The lowest BCUT2D eigenvalue weighted by atomic mass is 9.80. The zero-order valence-corrected chi connectivity index (χ0v) is 13.7. The highest BCUT2D eigenvalue weighted by atomic mass is 19.1. The summed E-state index contributed by atoms with van der Waals surface area (Å²) in [6.45, 7) is 3.67. The Labute approximate surface area is 140 Å². The molecule has 2 aliphatic rings. The number of rotatable bonds is 2. The van der Waals surface area contributed by atoms with E-state index in [1.165, 1.54) is 25.2 Å². The lowest BCUT2D eigenvalue weighted by Gasteiger charge is -2.37. The number of H-pyrrole nitrogens is 1. The maximum absolute atomic E-state index is 14.3. The Bertz CT molecular complexity index is 730. The first-order chi connectivity index (χ1) is 11.7. The Morgan fingerprint density at radius 1 is 1.21 bits per heavy atom. The van der Waals surface area contributed by atoms with Gasteiger partial charge in [-0.2, -0.15) is 0 Å². The van der Waals surface area contributed by atoms with Crippen molar-refractivity contribution in [3.8, 4) is 0 Å². The van der Waals surface area contributed by atoms with Crippen LogP contribution in [0.15, 0.2) is 18.5 Å². The van der Waals surface area contributed by atoms with Crippen LogP contribution in [0.5, 0.6) is 0 Å². The minimum absolute atomic E-state index is 0.132. The molecule has 0 saturated carbocycles.